The number of aromatic nitrogens is 1. The SMILES string of the molecule is CN(C)c1cccc(C2CN(Cc3ccc(C(=O)O)cc3)CCO2)n1. The molecule has 1 aliphatic rings. The molecule has 25 heavy (non-hydrogen) atoms. The fourth-order valence-corrected chi connectivity index (χ4v) is 2.90. The summed E-state index contributed by atoms with van der Waals surface area (Å²) >= 11 is 0. The number of rotatable bonds is 5. The van der Waals surface area contributed by atoms with E-state index in [4.69, 9.17) is 9.84 Å². The number of carbonyl (C=O) groups is 1. The molecule has 1 aliphatic heterocycles. The van der Waals surface area contributed by atoms with Gasteiger partial charge in [0.2, 0.25) is 0 Å². The molecule has 0 radical (unpaired) electrons. The largest absolute Gasteiger partial charge is 0.478 e. The zero-order chi connectivity index (χ0) is 17.8. The van der Waals surface area contributed by atoms with Gasteiger partial charge in [0, 0.05) is 33.7 Å². The van der Waals surface area contributed by atoms with Gasteiger partial charge in [-0.25, -0.2) is 9.78 Å². The smallest absolute Gasteiger partial charge is 0.335 e. The number of ether oxygens (including phenoxy) is 1. The second kappa shape index (κ2) is 7.63. The molecular weight excluding hydrogens is 318 g/mol. The van der Waals surface area contributed by atoms with Crippen molar-refractivity contribution in [2.45, 2.75) is 12.6 Å². The molecule has 132 valence electrons. The van der Waals surface area contributed by atoms with Gasteiger partial charge in [-0.3, -0.25) is 4.90 Å². The number of carboxylic acids is 1. The van der Waals surface area contributed by atoms with Gasteiger partial charge in [-0.1, -0.05) is 18.2 Å². The minimum Gasteiger partial charge on any atom is -0.478 e. The van der Waals surface area contributed by atoms with Crippen LogP contribution in [0, 0.1) is 0 Å². The maximum atomic E-state index is 10.9. The van der Waals surface area contributed by atoms with Gasteiger partial charge < -0.3 is 14.7 Å². The lowest BCUT2D eigenvalue weighted by Crippen LogP contribution is -2.38. The molecule has 3 rings (SSSR count). The van der Waals surface area contributed by atoms with E-state index in [-0.39, 0.29) is 6.10 Å². The first-order valence-corrected chi connectivity index (χ1v) is 8.33. The Morgan fingerprint density at radius 2 is 2.04 bits per heavy atom. The average Bonchev–Trinajstić information content (AvgIpc) is 2.62. The van der Waals surface area contributed by atoms with Gasteiger partial charge in [0.15, 0.2) is 0 Å². The van der Waals surface area contributed by atoms with E-state index in [1.165, 1.54) is 0 Å². The van der Waals surface area contributed by atoms with Crippen molar-refractivity contribution in [3.63, 3.8) is 0 Å². The van der Waals surface area contributed by atoms with Crippen molar-refractivity contribution in [1.29, 1.82) is 0 Å². The van der Waals surface area contributed by atoms with Crippen LogP contribution in [0.1, 0.15) is 27.7 Å². The predicted molar refractivity (Wildman–Crippen MR) is 95.9 cm³/mol. The van der Waals surface area contributed by atoms with Crippen molar-refractivity contribution in [2.24, 2.45) is 0 Å². The van der Waals surface area contributed by atoms with E-state index in [9.17, 15) is 4.79 Å². The second-order valence-corrected chi connectivity index (χ2v) is 6.41. The Morgan fingerprint density at radius 3 is 2.72 bits per heavy atom. The number of hydrogen-bond donors (Lipinski definition) is 1. The molecular formula is C19H23N3O3. The third kappa shape index (κ3) is 4.35. The van der Waals surface area contributed by atoms with Crippen LogP contribution in [0.25, 0.3) is 0 Å². The molecule has 0 spiro atoms. The van der Waals surface area contributed by atoms with Crippen LogP contribution in [-0.2, 0) is 11.3 Å². The van der Waals surface area contributed by atoms with E-state index in [0.29, 0.717) is 12.2 Å². The van der Waals surface area contributed by atoms with Gasteiger partial charge in [-0.05, 0) is 29.8 Å². The molecule has 6 nitrogen and oxygen atoms in total. The van der Waals surface area contributed by atoms with Crippen LogP contribution in [-0.4, -0.2) is 54.8 Å². The first kappa shape index (κ1) is 17.4. The molecule has 0 bridgehead atoms. The monoisotopic (exact) mass is 341 g/mol. The Bertz CT molecular complexity index is 731. The van der Waals surface area contributed by atoms with Crippen LogP contribution < -0.4 is 4.90 Å². The fraction of sp³-hybridized carbons (Fsp3) is 0.368. The highest BCUT2D eigenvalue weighted by Gasteiger charge is 2.23. The number of morpholine rings is 1. The van der Waals surface area contributed by atoms with E-state index < -0.39 is 5.97 Å². The number of hydrogen-bond acceptors (Lipinski definition) is 5. The molecule has 1 saturated heterocycles. The van der Waals surface area contributed by atoms with E-state index in [1.54, 1.807) is 12.1 Å². The second-order valence-electron chi connectivity index (χ2n) is 6.41. The van der Waals surface area contributed by atoms with E-state index >= 15 is 0 Å². The molecule has 1 atom stereocenters. The molecule has 0 saturated carbocycles. The maximum absolute atomic E-state index is 10.9. The normalized spacial score (nSPS) is 18.1. The molecule has 2 aromatic rings. The summed E-state index contributed by atoms with van der Waals surface area (Å²) in [7, 11) is 3.95. The Labute approximate surface area is 147 Å². The highest BCUT2D eigenvalue weighted by atomic mass is 16.5. The number of benzene rings is 1. The van der Waals surface area contributed by atoms with Crippen molar-refractivity contribution in [1.82, 2.24) is 9.88 Å². The summed E-state index contributed by atoms with van der Waals surface area (Å²) in [6.07, 6.45) is -0.0491. The van der Waals surface area contributed by atoms with Crippen LogP contribution in [0.5, 0.6) is 0 Å². The standard InChI is InChI=1S/C19H23N3O3/c1-21(2)18-5-3-4-16(20-18)17-13-22(10-11-25-17)12-14-6-8-15(9-7-14)19(23)24/h3-9,17H,10-13H2,1-2H3,(H,23,24). The van der Waals surface area contributed by atoms with Gasteiger partial charge in [-0.15, -0.1) is 0 Å². The van der Waals surface area contributed by atoms with Crippen LogP contribution in [0.4, 0.5) is 5.82 Å². The van der Waals surface area contributed by atoms with Crippen LogP contribution in [0.3, 0.4) is 0 Å². The quantitative estimate of drug-likeness (QED) is 0.901. The van der Waals surface area contributed by atoms with Gasteiger partial charge >= 0.3 is 5.97 Å². The maximum Gasteiger partial charge on any atom is 0.335 e. The Kier molecular flexibility index (Phi) is 5.31. The van der Waals surface area contributed by atoms with Crippen LogP contribution >= 0.6 is 0 Å². The van der Waals surface area contributed by atoms with Crippen molar-refractivity contribution < 1.29 is 14.6 Å². The highest BCUT2D eigenvalue weighted by Crippen LogP contribution is 2.23. The van der Waals surface area contributed by atoms with E-state index in [2.05, 4.69) is 9.88 Å². The Hall–Kier alpha value is -2.44. The third-order valence-electron chi connectivity index (χ3n) is 4.30. The number of pyridine rings is 1. The summed E-state index contributed by atoms with van der Waals surface area (Å²) in [5.74, 6) is 0.0207. The zero-order valence-corrected chi connectivity index (χ0v) is 14.6. The van der Waals surface area contributed by atoms with Crippen molar-refractivity contribution in [2.75, 3.05) is 38.7 Å². The molecule has 1 fully saturated rings. The van der Waals surface area contributed by atoms with E-state index in [1.807, 2.05) is 49.3 Å². The molecule has 1 aromatic carbocycles. The van der Waals surface area contributed by atoms with Gasteiger partial charge in [0.25, 0.3) is 0 Å². The first-order valence-electron chi connectivity index (χ1n) is 8.33. The summed E-state index contributed by atoms with van der Waals surface area (Å²) in [6.45, 7) is 3.05. The molecule has 0 amide bonds. The molecule has 0 aliphatic carbocycles. The predicted octanol–water partition coefficient (Wildman–Crippen LogP) is 2.42. The van der Waals surface area contributed by atoms with E-state index in [0.717, 1.165) is 36.7 Å². The third-order valence-corrected chi connectivity index (χ3v) is 4.30. The minimum absolute atomic E-state index is 0.0491. The van der Waals surface area contributed by atoms with Crippen molar-refractivity contribution >= 4 is 11.8 Å². The highest BCUT2D eigenvalue weighted by molar-refractivity contribution is 5.87. The summed E-state index contributed by atoms with van der Waals surface area (Å²) in [5.41, 5.74) is 2.35. The number of carboxylic acid groups (broad SMARTS) is 1. The molecule has 6 heteroatoms. The lowest BCUT2D eigenvalue weighted by molar-refractivity contribution is -0.0349. The topological polar surface area (TPSA) is 65.9 Å². The number of nitrogens with zero attached hydrogens (tertiary/aromatic N) is 3. The Morgan fingerprint density at radius 1 is 1.28 bits per heavy atom. The van der Waals surface area contributed by atoms with Crippen molar-refractivity contribution in [3.8, 4) is 0 Å². The van der Waals surface area contributed by atoms with Crippen LogP contribution in [0.15, 0.2) is 42.5 Å². The van der Waals surface area contributed by atoms with Crippen LogP contribution in [0.2, 0.25) is 0 Å². The Balaban J connectivity index is 1.66. The summed E-state index contributed by atoms with van der Waals surface area (Å²) in [6, 6.07) is 13.0. The van der Waals surface area contributed by atoms with Crippen molar-refractivity contribution in [3.05, 3.63) is 59.3 Å². The van der Waals surface area contributed by atoms with Gasteiger partial charge in [-0.2, -0.15) is 0 Å². The first-order chi connectivity index (χ1) is 12.0. The van der Waals surface area contributed by atoms with Gasteiger partial charge in [0.05, 0.1) is 17.9 Å². The lowest BCUT2D eigenvalue weighted by atomic mass is 10.1. The summed E-state index contributed by atoms with van der Waals surface area (Å²) < 4.78 is 5.92. The fourth-order valence-electron chi connectivity index (χ4n) is 2.90. The molecule has 1 N–H and O–H groups in total. The molecule has 1 unspecified atom stereocenters. The van der Waals surface area contributed by atoms with Gasteiger partial charge in [0.1, 0.15) is 11.9 Å². The number of anilines is 1. The summed E-state index contributed by atoms with van der Waals surface area (Å²) in [5, 5.41) is 8.98. The number of aromatic carboxylic acids is 1. The lowest BCUT2D eigenvalue weighted by Gasteiger charge is -2.33. The zero-order valence-electron chi connectivity index (χ0n) is 14.6. The molecule has 2 heterocycles. The minimum atomic E-state index is -0.898. The average molecular weight is 341 g/mol. The molecule has 1 aromatic heterocycles. The summed E-state index contributed by atoms with van der Waals surface area (Å²) in [4.78, 5) is 19.9.